The molecule has 0 aromatic rings. The quantitative estimate of drug-likeness (QED) is 0.594. The van der Waals surface area contributed by atoms with E-state index in [9.17, 15) is 9.59 Å². The highest BCUT2D eigenvalue weighted by Gasteiger charge is 2.19. The maximum atomic E-state index is 11.7. The normalized spacial score (nSPS) is 12.0. The van der Waals surface area contributed by atoms with Crippen molar-refractivity contribution < 1.29 is 14.3 Å². The third-order valence-corrected chi connectivity index (χ3v) is 2.28. The summed E-state index contributed by atoms with van der Waals surface area (Å²) in [6.07, 6.45) is 1.33. The Balaban J connectivity index is 3.99. The van der Waals surface area contributed by atoms with Crippen LogP contribution in [0.1, 0.15) is 19.8 Å². The van der Waals surface area contributed by atoms with E-state index in [2.05, 4.69) is 5.32 Å². The van der Waals surface area contributed by atoms with Gasteiger partial charge in [0.1, 0.15) is 0 Å². The van der Waals surface area contributed by atoms with Crippen molar-refractivity contribution in [2.24, 2.45) is 5.73 Å². The van der Waals surface area contributed by atoms with Crippen LogP contribution in [-0.4, -0.2) is 56.6 Å². The number of likely N-dealkylation sites (N-methyl/N-ethyl adjacent to an activating group) is 1. The summed E-state index contributed by atoms with van der Waals surface area (Å²) < 4.78 is 4.85. The fourth-order valence-electron chi connectivity index (χ4n) is 1.27. The van der Waals surface area contributed by atoms with Gasteiger partial charge in [0.05, 0.1) is 12.6 Å². The molecule has 0 heterocycles. The van der Waals surface area contributed by atoms with Crippen LogP contribution in [0.4, 0.5) is 0 Å². The molecule has 0 bridgehead atoms. The van der Waals surface area contributed by atoms with E-state index in [1.165, 1.54) is 4.90 Å². The van der Waals surface area contributed by atoms with E-state index in [1.54, 1.807) is 14.2 Å². The molecule has 2 amide bonds. The number of ether oxygens (including phenoxy) is 1. The Morgan fingerprint density at radius 3 is 2.65 bits per heavy atom. The van der Waals surface area contributed by atoms with Crippen LogP contribution >= 0.6 is 0 Å². The summed E-state index contributed by atoms with van der Waals surface area (Å²) >= 11 is 0. The summed E-state index contributed by atoms with van der Waals surface area (Å²) in [5.74, 6) is -0.407. The Kier molecular flexibility index (Phi) is 8.35. The lowest BCUT2D eigenvalue weighted by Crippen LogP contribution is -2.46. The molecule has 0 aromatic carbocycles. The smallest absolute Gasteiger partial charge is 0.239 e. The number of nitrogens with zero attached hydrogens (tertiary/aromatic N) is 1. The van der Waals surface area contributed by atoms with Gasteiger partial charge in [-0.2, -0.15) is 0 Å². The van der Waals surface area contributed by atoms with Crippen molar-refractivity contribution in [3.05, 3.63) is 0 Å². The van der Waals surface area contributed by atoms with Gasteiger partial charge < -0.3 is 20.7 Å². The van der Waals surface area contributed by atoms with E-state index < -0.39 is 6.04 Å². The van der Waals surface area contributed by atoms with Crippen molar-refractivity contribution >= 4 is 11.8 Å². The summed E-state index contributed by atoms with van der Waals surface area (Å²) in [5.41, 5.74) is 5.68. The number of carbonyl (C=O) groups excluding carboxylic acids is 2. The van der Waals surface area contributed by atoms with Crippen LogP contribution in [0.2, 0.25) is 0 Å². The molecule has 0 spiro atoms. The van der Waals surface area contributed by atoms with Crippen molar-refractivity contribution in [3.8, 4) is 0 Å². The molecule has 0 radical (unpaired) electrons. The highest BCUT2D eigenvalue weighted by molar-refractivity contribution is 5.87. The Hall–Kier alpha value is -1.14. The molecular formula is C11H23N3O3. The molecule has 1 atom stereocenters. The average molecular weight is 245 g/mol. The van der Waals surface area contributed by atoms with Crippen LogP contribution in [0.3, 0.4) is 0 Å². The number of methoxy groups -OCH3 is 1. The van der Waals surface area contributed by atoms with Crippen molar-refractivity contribution in [1.82, 2.24) is 10.2 Å². The number of carbonyl (C=O) groups is 2. The van der Waals surface area contributed by atoms with E-state index in [0.717, 1.165) is 6.42 Å². The van der Waals surface area contributed by atoms with E-state index in [4.69, 9.17) is 10.5 Å². The molecule has 6 nitrogen and oxygen atoms in total. The summed E-state index contributed by atoms with van der Waals surface area (Å²) in [4.78, 5) is 24.4. The summed E-state index contributed by atoms with van der Waals surface area (Å²) in [6, 6.07) is -0.612. The summed E-state index contributed by atoms with van der Waals surface area (Å²) in [5, 5.41) is 2.70. The lowest BCUT2D eigenvalue weighted by Gasteiger charge is -2.20. The van der Waals surface area contributed by atoms with Crippen LogP contribution in [0.25, 0.3) is 0 Å². The van der Waals surface area contributed by atoms with E-state index in [0.29, 0.717) is 19.6 Å². The molecule has 0 aromatic heterocycles. The second-order valence-electron chi connectivity index (χ2n) is 3.93. The molecule has 17 heavy (non-hydrogen) atoms. The van der Waals surface area contributed by atoms with E-state index in [1.807, 2.05) is 6.92 Å². The Morgan fingerprint density at radius 1 is 1.47 bits per heavy atom. The average Bonchev–Trinajstić information content (AvgIpc) is 2.32. The molecule has 0 aliphatic rings. The first-order chi connectivity index (χ1) is 8.02. The largest absolute Gasteiger partial charge is 0.385 e. The van der Waals surface area contributed by atoms with E-state index in [-0.39, 0.29) is 18.4 Å². The van der Waals surface area contributed by atoms with Gasteiger partial charge >= 0.3 is 0 Å². The molecular weight excluding hydrogens is 222 g/mol. The Labute approximate surface area is 102 Å². The van der Waals surface area contributed by atoms with Gasteiger partial charge in [-0.05, 0) is 12.8 Å². The van der Waals surface area contributed by atoms with Crippen LogP contribution < -0.4 is 11.1 Å². The van der Waals surface area contributed by atoms with Crippen molar-refractivity contribution in [3.63, 3.8) is 0 Å². The van der Waals surface area contributed by atoms with Gasteiger partial charge in [0.15, 0.2) is 0 Å². The molecule has 0 aliphatic heterocycles. The number of nitrogens with one attached hydrogen (secondary N) is 1. The number of hydrogen-bond acceptors (Lipinski definition) is 4. The van der Waals surface area contributed by atoms with Gasteiger partial charge in [0.2, 0.25) is 11.8 Å². The van der Waals surface area contributed by atoms with Crippen LogP contribution in [0.15, 0.2) is 0 Å². The van der Waals surface area contributed by atoms with Crippen molar-refractivity contribution in [2.75, 3.05) is 33.9 Å². The van der Waals surface area contributed by atoms with Gasteiger partial charge in [0.25, 0.3) is 0 Å². The minimum absolute atomic E-state index is 0.0412. The Morgan fingerprint density at radius 2 is 2.12 bits per heavy atom. The number of amides is 2. The summed E-state index contributed by atoms with van der Waals surface area (Å²) in [6.45, 7) is 3.06. The van der Waals surface area contributed by atoms with Crippen molar-refractivity contribution in [2.45, 2.75) is 25.8 Å². The fraction of sp³-hybridized carbons (Fsp3) is 0.818. The molecule has 0 saturated heterocycles. The number of hydrogen-bond donors (Lipinski definition) is 2. The Bertz CT molecular complexity index is 246. The molecule has 0 aliphatic carbocycles. The number of nitrogens with two attached hydrogens (primary N) is 1. The molecule has 1 unspecified atom stereocenters. The minimum Gasteiger partial charge on any atom is -0.385 e. The fourth-order valence-corrected chi connectivity index (χ4v) is 1.27. The monoisotopic (exact) mass is 245 g/mol. The zero-order valence-corrected chi connectivity index (χ0v) is 10.9. The first-order valence-electron chi connectivity index (χ1n) is 5.79. The lowest BCUT2D eigenvalue weighted by molar-refractivity contribution is -0.136. The zero-order chi connectivity index (χ0) is 13.3. The molecule has 0 fully saturated rings. The zero-order valence-electron chi connectivity index (χ0n) is 10.9. The van der Waals surface area contributed by atoms with Crippen LogP contribution in [0.5, 0.6) is 0 Å². The van der Waals surface area contributed by atoms with Gasteiger partial charge in [-0.15, -0.1) is 0 Å². The second kappa shape index (κ2) is 8.95. The molecule has 0 rings (SSSR count). The van der Waals surface area contributed by atoms with Crippen LogP contribution in [-0.2, 0) is 14.3 Å². The third kappa shape index (κ3) is 6.91. The molecule has 0 saturated carbocycles. The van der Waals surface area contributed by atoms with Gasteiger partial charge in [-0.1, -0.05) is 6.92 Å². The maximum absolute atomic E-state index is 11.7. The standard InChI is InChI=1S/C11H23N3O3/c1-4-6-13-10(15)8-14(2)11(16)9(12)5-7-17-3/h9H,4-8,12H2,1-3H3,(H,13,15). The van der Waals surface area contributed by atoms with Gasteiger partial charge in [-0.3, -0.25) is 9.59 Å². The van der Waals surface area contributed by atoms with Gasteiger partial charge in [0, 0.05) is 27.3 Å². The molecule has 6 heteroatoms. The van der Waals surface area contributed by atoms with Gasteiger partial charge in [-0.25, -0.2) is 0 Å². The molecule has 100 valence electrons. The first-order valence-corrected chi connectivity index (χ1v) is 5.79. The second-order valence-corrected chi connectivity index (χ2v) is 3.93. The topological polar surface area (TPSA) is 84.7 Å². The first kappa shape index (κ1) is 15.9. The summed E-state index contributed by atoms with van der Waals surface area (Å²) in [7, 11) is 3.12. The highest BCUT2D eigenvalue weighted by atomic mass is 16.5. The highest BCUT2D eigenvalue weighted by Crippen LogP contribution is 1.95. The maximum Gasteiger partial charge on any atom is 0.239 e. The number of rotatable bonds is 8. The predicted molar refractivity (Wildman–Crippen MR) is 65.4 cm³/mol. The lowest BCUT2D eigenvalue weighted by atomic mass is 10.2. The third-order valence-electron chi connectivity index (χ3n) is 2.28. The SMILES string of the molecule is CCCNC(=O)CN(C)C(=O)C(N)CCOC. The minimum atomic E-state index is -0.612. The predicted octanol–water partition coefficient (Wildman–Crippen LogP) is -0.665. The molecule has 3 N–H and O–H groups in total. The van der Waals surface area contributed by atoms with E-state index >= 15 is 0 Å². The van der Waals surface area contributed by atoms with Crippen LogP contribution in [0, 0.1) is 0 Å². The van der Waals surface area contributed by atoms with Crippen molar-refractivity contribution in [1.29, 1.82) is 0 Å².